The third kappa shape index (κ3) is 3.47. The number of aromatic nitrogens is 3. The normalized spacial score (nSPS) is 11.3. The fourth-order valence-electron chi connectivity index (χ4n) is 3.31. The molecule has 0 saturated carbocycles. The molecule has 2 aromatic carbocycles. The molecule has 0 amide bonds. The van der Waals surface area contributed by atoms with Crippen LogP contribution in [0.25, 0.3) is 16.7 Å². The van der Waals surface area contributed by atoms with Gasteiger partial charge in [-0.1, -0.05) is 29.5 Å². The van der Waals surface area contributed by atoms with E-state index < -0.39 is 0 Å². The van der Waals surface area contributed by atoms with Crippen molar-refractivity contribution in [3.05, 3.63) is 81.0 Å². The second-order valence-electron chi connectivity index (χ2n) is 7.09. The highest BCUT2D eigenvalue weighted by atomic mass is 32.2. The molecular formula is C22H21N3O2S. The Morgan fingerprint density at radius 3 is 2.57 bits per heavy atom. The Balaban J connectivity index is 1.69. The predicted octanol–water partition coefficient (Wildman–Crippen LogP) is 4.90. The van der Waals surface area contributed by atoms with Gasteiger partial charge in [0, 0.05) is 17.2 Å². The molecular weight excluding hydrogens is 370 g/mol. The van der Waals surface area contributed by atoms with Crippen molar-refractivity contribution in [2.24, 2.45) is 0 Å². The molecule has 6 heteroatoms. The lowest BCUT2D eigenvalue weighted by atomic mass is 10.0. The molecule has 0 saturated heterocycles. The van der Waals surface area contributed by atoms with Crippen LogP contribution < -0.4 is 5.63 Å². The van der Waals surface area contributed by atoms with Gasteiger partial charge in [-0.15, -0.1) is 10.2 Å². The first-order valence-electron chi connectivity index (χ1n) is 9.07. The van der Waals surface area contributed by atoms with Crippen LogP contribution in [0.1, 0.15) is 27.8 Å². The van der Waals surface area contributed by atoms with Gasteiger partial charge >= 0.3 is 5.63 Å². The Hall–Kier alpha value is -2.86. The topological polar surface area (TPSA) is 60.9 Å². The van der Waals surface area contributed by atoms with Gasteiger partial charge in [0.2, 0.25) is 0 Å². The van der Waals surface area contributed by atoms with Crippen LogP contribution in [0.3, 0.4) is 0 Å². The molecule has 0 aliphatic carbocycles. The van der Waals surface area contributed by atoms with Crippen LogP contribution in [0, 0.1) is 27.7 Å². The summed E-state index contributed by atoms with van der Waals surface area (Å²) < 4.78 is 7.39. The van der Waals surface area contributed by atoms with Crippen molar-refractivity contribution < 1.29 is 4.42 Å². The highest BCUT2D eigenvalue weighted by Crippen LogP contribution is 2.29. The summed E-state index contributed by atoms with van der Waals surface area (Å²) in [5.41, 5.74) is 6.96. The van der Waals surface area contributed by atoms with Crippen LogP contribution in [0.15, 0.2) is 57.1 Å². The second kappa shape index (κ2) is 7.28. The van der Waals surface area contributed by atoms with E-state index in [0.29, 0.717) is 11.3 Å². The number of hydrogen-bond donors (Lipinski definition) is 0. The Bertz CT molecular complexity index is 1240. The summed E-state index contributed by atoms with van der Waals surface area (Å²) in [6.45, 7) is 8.24. The third-order valence-electron chi connectivity index (χ3n) is 4.93. The molecule has 0 spiro atoms. The summed E-state index contributed by atoms with van der Waals surface area (Å²) >= 11 is 1.56. The van der Waals surface area contributed by atoms with E-state index >= 15 is 0 Å². The molecule has 0 aliphatic heterocycles. The van der Waals surface area contributed by atoms with Crippen molar-refractivity contribution in [1.29, 1.82) is 0 Å². The Morgan fingerprint density at radius 2 is 1.79 bits per heavy atom. The summed E-state index contributed by atoms with van der Waals surface area (Å²) in [6.07, 6.45) is 1.73. The minimum Gasteiger partial charge on any atom is -0.423 e. The summed E-state index contributed by atoms with van der Waals surface area (Å²) in [5, 5.41) is 10.1. The van der Waals surface area contributed by atoms with E-state index in [1.165, 1.54) is 16.7 Å². The SMILES string of the molecule is Cc1ccc(-n2cnnc2SCc2cc(=O)oc3cc(C)c(C)cc23)c(C)c1. The zero-order valence-corrected chi connectivity index (χ0v) is 17.1. The second-order valence-corrected chi connectivity index (χ2v) is 8.03. The maximum absolute atomic E-state index is 12.0. The number of aryl methyl sites for hydroxylation is 4. The first kappa shape index (κ1) is 18.5. The minimum absolute atomic E-state index is 0.331. The third-order valence-corrected chi connectivity index (χ3v) is 5.92. The van der Waals surface area contributed by atoms with E-state index in [4.69, 9.17) is 4.42 Å². The van der Waals surface area contributed by atoms with E-state index in [0.717, 1.165) is 27.4 Å². The number of fused-ring (bicyclic) bond motifs is 1. The first-order valence-corrected chi connectivity index (χ1v) is 10.1. The molecule has 0 fully saturated rings. The van der Waals surface area contributed by atoms with Crippen molar-refractivity contribution in [2.75, 3.05) is 0 Å². The van der Waals surface area contributed by atoms with Crippen LogP contribution in [0.2, 0.25) is 0 Å². The Morgan fingerprint density at radius 1 is 1.00 bits per heavy atom. The summed E-state index contributed by atoms with van der Waals surface area (Å²) in [6, 6.07) is 11.9. The molecule has 4 aromatic rings. The lowest BCUT2D eigenvalue weighted by Gasteiger charge is -2.11. The molecule has 2 heterocycles. The van der Waals surface area contributed by atoms with Crippen molar-refractivity contribution in [2.45, 2.75) is 38.6 Å². The molecule has 0 aliphatic rings. The van der Waals surface area contributed by atoms with Crippen molar-refractivity contribution in [3.63, 3.8) is 0 Å². The van der Waals surface area contributed by atoms with Gasteiger partial charge in [0.05, 0.1) is 5.69 Å². The smallest absolute Gasteiger partial charge is 0.336 e. The molecule has 28 heavy (non-hydrogen) atoms. The Kier molecular flexibility index (Phi) is 4.81. The van der Waals surface area contributed by atoms with Gasteiger partial charge in [-0.25, -0.2) is 4.79 Å². The molecule has 0 unspecified atom stereocenters. The predicted molar refractivity (Wildman–Crippen MR) is 112 cm³/mol. The van der Waals surface area contributed by atoms with Crippen molar-refractivity contribution >= 4 is 22.7 Å². The van der Waals surface area contributed by atoms with Gasteiger partial charge in [0.1, 0.15) is 11.9 Å². The van der Waals surface area contributed by atoms with E-state index in [-0.39, 0.29) is 5.63 Å². The highest BCUT2D eigenvalue weighted by molar-refractivity contribution is 7.98. The summed E-state index contributed by atoms with van der Waals surface area (Å²) in [7, 11) is 0. The Labute approximate surface area is 167 Å². The molecule has 142 valence electrons. The van der Waals surface area contributed by atoms with Crippen LogP contribution in [0.5, 0.6) is 0 Å². The van der Waals surface area contributed by atoms with E-state index in [1.807, 2.05) is 17.6 Å². The van der Waals surface area contributed by atoms with E-state index in [1.54, 1.807) is 24.2 Å². The minimum atomic E-state index is -0.331. The quantitative estimate of drug-likeness (QED) is 0.366. The van der Waals surface area contributed by atoms with Gasteiger partial charge in [0.15, 0.2) is 5.16 Å². The zero-order valence-electron chi connectivity index (χ0n) is 16.3. The van der Waals surface area contributed by atoms with E-state index in [2.05, 4.69) is 55.2 Å². The standard InChI is InChI=1S/C22H21N3O2S/c1-13-5-6-19(16(4)7-13)25-12-23-24-22(25)28-11-17-10-21(26)27-20-9-15(3)14(2)8-18(17)20/h5-10,12H,11H2,1-4H3. The van der Waals surface area contributed by atoms with Gasteiger partial charge in [-0.05, 0) is 68.1 Å². The highest BCUT2D eigenvalue weighted by Gasteiger charge is 2.13. The molecule has 0 atom stereocenters. The average Bonchev–Trinajstić information content (AvgIpc) is 3.09. The van der Waals surface area contributed by atoms with Crippen LogP contribution in [-0.4, -0.2) is 14.8 Å². The maximum Gasteiger partial charge on any atom is 0.336 e. The van der Waals surface area contributed by atoms with Crippen molar-refractivity contribution in [1.82, 2.24) is 14.8 Å². The average molecular weight is 391 g/mol. The molecule has 4 rings (SSSR count). The number of hydrogen-bond acceptors (Lipinski definition) is 5. The summed E-state index contributed by atoms with van der Waals surface area (Å²) in [4.78, 5) is 12.0. The van der Waals surface area contributed by atoms with Gasteiger partial charge in [-0.2, -0.15) is 0 Å². The number of nitrogens with zero attached hydrogens (tertiary/aromatic N) is 3. The lowest BCUT2D eigenvalue weighted by Crippen LogP contribution is -2.02. The molecule has 0 bridgehead atoms. The molecule has 0 radical (unpaired) electrons. The van der Waals surface area contributed by atoms with Crippen LogP contribution in [-0.2, 0) is 5.75 Å². The fourth-order valence-corrected chi connectivity index (χ4v) is 4.22. The largest absolute Gasteiger partial charge is 0.423 e. The number of thioether (sulfide) groups is 1. The van der Waals surface area contributed by atoms with Crippen LogP contribution in [0.4, 0.5) is 0 Å². The van der Waals surface area contributed by atoms with Gasteiger partial charge < -0.3 is 4.42 Å². The van der Waals surface area contributed by atoms with Gasteiger partial charge in [-0.3, -0.25) is 4.57 Å². The molecule has 0 N–H and O–H groups in total. The van der Waals surface area contributed by atoms with Crippen LogP contribution >= 0.6 is 11.8 Å². The molecule has 2 aromatic heterocycles. The zero-order chi connectivity index (χ0) is 19.8. The molecule has 5 nitrogen and oxygen atoms in total. The lowest BCUT2D eigenvalue weighted by molar-refractivity contribution is 0.559. The fraction of sp³-hybridized carbons (Fsp3) is 0.227. The monoisotopic (exact) mass is 391 g/mol. The van der Waals surface area contributed by atoms with E-state index in [9.17, 15) is 4.79 Å². The van der Waals surface area contributed by atoms with Crippen molar-refractivity contribution in [3.8, 4) is 5.69 Å². The van der Waals surface area contributed by atoms with Gasteiger partial charge in [0.25, 0.3) is 0 Å². The number of benzene rings is 2. The summed E-state index contributed by atoms with van der Waals surface area (Å²) in [5.74, 6) is 0.605. The number of rotatable bonds is 4. The maximum atomic E-state index is 12.0. The first-order chi connectivity index (χ1) is 13.4.